The zero-order chi connectivity index (χ0) is 12.3. The van der Waals surface area contributed by atoms with Crippen LogP contribution in [0, 0.1) is 5.92 Å². The Kier molecular flexibility index (Phi) is 4.26. The van der Waals surface area contributed by atoms with E-state index in [9.17, 15) is 0 Å². The van der Waals surface area contributed by atoms with E-state index in [1.165, 1.54) is 43.5 Å². The Labute approximate surface area is 110 Å². The summed E-state index contributed by atoms with van der Waals surface area (Å²) >= 11 is 2.01. The minimum atomic E-state index is 0.393. The van der Waals surface area contributed by atoms with Crippen LogP contribution in [0.3, 0.4) is 0 Å². The maximum absolute atomic E-state index is 3.78. The molecule has 1 unspecified atom stereocenters. The molecular formula is C15H25NS. The van der Waals surface area contributed by atoms with Gasteiger partial charge in [0.2, 0.25) is 0 Å². The van der Waals surface area contributed by atoms with E-state index in [1.807, 2.05) is 11.3 Å². The molecule has 0 aliphatic carbocycles. The van der Waals surface area contributed by atoms with Gasteiger partial charge in [-0.25, -0.2) is 0 Å². The van der Waals surface area contributed by atoms with E-state index in [4.69, 9.17) is 0 Å². The summed E-state index contributed by atoms with van der Waals surface area (Å²) in [6.07, 6.45) is 6.42. The van der Waals surface area contributed by atoms with Crippen molar-refractivity contribution in [3.63, 3.8) is 0 Å². The van der Waals surface area contributed by atoms with Gasteiger partial charge in [-0.05, 0) is 56.7 Å². The van der Waals surface area contributed by atoms with E-state index >= 15 is 0 Å². The van der Waals surface area contributed by atoms with Gasteiger partial charge in [0.1, 0.15) is 0 Å². The normalized spacial score (nSPS) is 24.7. The minimum absolute atomic E-state index is 0.393. The fraction of sp³-hybridized carbons (Fsp3) is 0.733. The highest BCUT2D eigenvalue weighted by Crippen LogP contribution is 2.32. The largest absolute Gasteiger partial charge is 0.311 e. The van der Waals surface area contributed by atoms with Gasteiger partial charge in [-0.2, -0.15) is 0 Å². The highest BCUT2D eigenvalue weighted by atomic mass is 32.1. The second-order valence-corrected chi connectivity index (χ2v) is 7.06. The van der Waals surface area contributed by atoms with Crippen LogP contribution >= 0.6 is 11.3 Å². The molecule has 1 aromatic rings. The molecular weight excluding hydrogens is 226 g/mol. The van der Waals surface area contributed by atoms with E-state index in [-0.39, 0.29) is 0 Å². The highest BCUT2D eigenvalue weighted by molar-refractivity contribution is 7.12. The molecule has 96 valence electrons. The number of hydrogen-bond donors (Lipinski definition) is 1. The standard InChI is InChI=1S/C15H25NS/c1-4-13-6-7-14(17-13)11-15(10-12(2)3)8-5-9-16-15/h6-7,12,16H,4-5,8-11H2,1-3H3. The predicted octanol–water partition coefficient (Wildman–Crippen LogP) is 4.02. The average molecular weight is 251 g/mol. The van der Waals surface area contributed by atoms with Crippen LogP contribution in [-0.4, -0.2) is 12.1 Å². The first-order chi connectivity index (χ1) is 8.13. The molecule has 1 atom stereocenters. The summed E-state index contributed by atoms with van der Waals surface area (Å²) in [7, 11) is 0. The van der Waals surface area contributed by atoms with Crippen LogP contribution in [-0.2, 0) is 12.8 Å². The van der Waals surface area contributed by atoms with Gasteiger partial charge in [0, 0.05) is 15.3 Å². The van der Waals surface area contributed by atoms with Crippen molar-refractivity contribution in [2.45, 2.75) is 58.4 Å². The van der Waals surface area contributed by atoms with E-state index in [0.29, 0.717) is 5.54 Å². The molecule has 1 N–H and O–H groups in total. The average Bonchev–Trinajstić information content (AvgIpc) is 2.87. The third-order valence-corrected chi connectivity index (χ3v) is 4.94. The van der Waals surface area contributed by atoms with Gasteiger partial charge in [0.05, 0.1) is 0 Å². The Morgan fingerprint density at radius 2 is 2.12 bits per heavy atom. The van der Waals surface area contributed by atoms with Gasteiger partial charge in [0.15, 0.2) is 0 Å². The molecule has 17 heavy (non-hydrogen) atoms. The van der Waals surface area contributed by atoms with E-state index < -0.39 is 0 Å². The zero-order valence-corrected chi connectivity index (χ0v) is 12.2. The number of nitrogens with one attached hydrogen (secondary N) is 1. The monoisotopic (exact) mass is 251 g/mol. The van der Waals surface area contributed by atoms with Crippen molar-refractivity contribution < 1.29 is 0 Å². The summed E-state index contributed by atoms with van der Waals surface area (Å²) in [5, 5.41) is 3.78. The fourth-order valence-corrected chi connectivity index (χ4v) is 4.19. The van der Waals surface area contributed by atoms with Crippen molar-refractivity contribution in [2.75, 3.05) is 6.54 Å². The molecule has 2 rings (SSSR count). The molecule has 0 bridgehead atoms. The number of aryl methyl sites for hydroxylation is 1. The van der Waals surface area contributed by atoms with Crippen LogP contribution in [0.15, 0.2) is 12.1 Å². The van der Waals surface area contributed by atoms with Crippen LogP contribution in [0.4, 0.5) is 0 Å². The molecule has 0 spiro atoms. The van der Waals surface area contributed by atoms with E-state index in [1.54, 1.807) is 4.88 Å². The first-order valence-electron chi connectivity index (χ1n) is 6.96. The Morgan fingerprint density at radius 1 is 1.35 bits per heavy atom. The number of hydrogen-bond acceptors (Lipinski definition) is 2. The second-order valence-electron chi connectivity index (χ2n) is 5.81. The maximum atomic E-state index is 3.78. The Morgan fingerprint density at radius 3 is 2.65 bits per heavy atom. The second kappa shape index (κ2) is 5.53. The zero-order valence-electron chi connectivity index (χ0n) is 11.4. The molecule has 0 radical (unpaired) electrons. The highest BCUT2D eigenvalue weighted by Gasteiger charge is 2.34. The molecule has 1 aliphatic rings. The van der Waals surface area contributed by atoms with E-state index in [0.717, 1.165) is 5.92 Å². The van der Waals surface area contributed by atoms with Crippen LogP contribution in [0.5, 0.6) is 0 Å². The fourth-order valence-electron chi connectivity index (χ4n) is 3.09. The Balaban J connectivity index is 2.06. The lowest BCUT2D eigenvalue weighted by Gasteiger charge is -2.31. The summed E-state index contributed by atoms with van der Waals surface area (Å²) in [4.78, 5) is 3.09. The van der Waals surface area contributed by atoms with Crippen molar-refractivity contribution in [3.8, 4) is 0 Å². The first-order valence-corrected chi connectivity index (χ1v) is 7.78. The quantitative estimate of drug-likeness (QED) is 0.833. The topological polar surface area (TPSA) is 12.0 Å². The molecule has 0 amide bonds. The lowest BCUT2D eigenvalue weighted by atomic mass is 9.84. The minimum Gasteiger partial charge on any atom is -0.311 e. The van der Waals surface area contributed by atoms with Crippen molar-refractivity contribution in [1.82, 2.24) is 5.32 Å². The Bertz CT molecular complexity index is 348. The van der Waals surface area contributed by atoms with Crippen molar-refractivity contribution >= 4 is 11.3 Å². The molecule has 0 saturated carbocycles. The van der Waals surface area contributed by atoms with Gasteiger partial charge in [0.25, 0.3) is 0 Å². The van der Waals surface area contributed by atoms with Crippen LogP contribution < -0.4 is 5.32 Å². The summed E-state index contributed by atoms with van der Waals surface area (Å²) in [5.41, 5.74) is 0.393. The van der Waals surface area contributed by atoms with Crippen LogP contribution in [0.1, 0.15) is 49.8 Å². The predicted molar refractivity (Wildman–Crippen MR) is 76.8 cm³/mol. The molecule has 1 fully saturated rings. The van der Waals surface area contributed by atoms with Crippen LogP contribution in [0.2, 0.25) is 0 Å². The molecule has 2 heterocycles. The molecule has 1 aliphatic heterocycles. The van der Waals surface area contributed by atoms with Gasteiger partial charge in [-0.3, -0.25) is 0 Å². The Hall–Kier alpha value is -0.340. The van der Waals surface area contributed by atoms with Crippen LogP contribution in [0.25, 0.3) is 0 Å². The van der Waals surface area contributed by atoms with Gasteiger partial charge >= 0.3 is 0 Å². The third kappa shape index (κ3) is 3.32. The molecule has 1 aromatic heterocycles. The molecule has 2 heteroatoms. The van der Waals surface area contributed by atoms with E-state index in [2.05, 4.69) is 38.2 Å². The summed E-state index contributed by atoms with van der Waals surface area (Å²) < 4.78 is 0. The summed E-state index contributed by atoms with van der Waals surface area (Å²) in [6.45, 7) is 8.13. The molecule has 1 nitrogen and oxygen atoms in total. The first kappa shape index (κ1) is 13.1. The lowest BCUT2D eigenvalue weighted by Crippen LogP contribution is -2.42. The van der Waals surface area contributed by atoms with Gasteiger partial charge in [-0.15, -0.1) is 11.3 Å². The SMILES string of the molecule is CCc1ccc(CC2(CC(C)C)CCCN2)s1. The van der Waals surface area contributed by atoms with Crippen molar-refractivity contribution in [2.24, 2.45) is 5.92 Å². The smallest absolute Gasteiger partial charge is 0.0232 e. The lowest BCUT2D eigenvalue weighted by molar-refractivity contribution is 0.303. The number of rotatable bonds is 5. The summed E-state index contributed by atoms with van der Waals surface area (Å²) in [6, 6.07) is 4.64. The van der Waals surface area contributed by atoms with Crippen molar-refractivity contribution in [3.05, 3.63) is 21.9 Å². The third-order valence-electron chi connectivity index (χ3n) is 3.71. The maximum Gasteiger partial charge on any atom is 0.0232 e. The van der Waals surface area contributed by atoms with Gasteiger partial charge < -0.3 is 5.32 Å². The van der Waals surface area contributed by atoms with Crippen molar-refractivity contribution in [1.29, 1.82) is 0 Å². The summed E-state index contributed by atoms with van der Waals surface area (Å²) in [5.74, 6) is 0.784. The van der Waals surface area contributed by atoms with Gasteiger partial charge in [-0.1, -0.05) is 20.8 Å². The molecule has 1 saturated heterocycles. The molecule has 0 aromatic carbocycles. The number of thiophene rings is 1.